The predicted octanol–water partition coefficient (Wildman–Crippen LogP) is 3.31. The van der Waals surface area contributed by atoms with E-state index < -0.39 is 0 Å². The molecule has 0 aliphatic carbocycles. The fourth-order valence-corrected chi connectivity index (χ4v) is 5.86. The number of aromatic hydroxyl groups is 1. The fraction of sp³-hybridized carbons (Fsp3) is 0.250. The second-order valence-electron chi connectivity index (χ2n) is 8.17. The maximum absolute atomic E-state index is 12.6. The molecule has 4 aromatic rings. The highest BCUT2D eigenvalue weighted by atomic mass is 35.5. The second-order valence-corrected chi connectivity index (χ2v) is 9.61. The summed E-state index contributed by atoms with van der Waals surface area (Å²) >= 11 is 8.03. The summed E-state index contributed by atoms with van der Waals surface area (Å²) < 4.78 is 4.97. The summed E-state index contributed by atoms with van der Waals surface area (Å²) in [6, 6.07) is 9.62. The van der Waals surface area contributed by atoms with Crippen LogP contribution in [0.4, 0.5) is 0 Å². The molecule has 2 aliphatic rings. The zero-order valence-electron chi connectivity index (χ0n) is 18.2. The number of hydrogen-bond acceptors (Lipinski definition) is 6. The van der Waals surface area contributed by atoms with E-state index in [1.54, 1.807) is 4.57 Å². The Morgan fingerprint density at radius 2 is 2.09 bits per heavy atom. The first-order valence-electron chi connectivity index (χ1n) is 10.9. The lowest BCUT2D eigenvalue weighted by molar-refractivity contribution is 0.418. The number of rotatable bonds is 2. The molecule has 34 heavy (non-hydrogen) atoms. The van der Waals surface area contributed by atoms with Crippen LogP contribution in [0.2, 0.25) is 5.02 Å². The molecule has 2 aliphatic heterocycles. The maximum atomic E-state index is 12.6. The fourth-order valence-electron chi connectivity index (χ4n) is 4.53. The number of nitrogens with zero attached hydrogens (tertiary/aromatic N) is 6. The van der Waals surface area contributed by atoms with E-state index >= 15 is 0 Å². The van der Waals surface area contributed by atoms with Crippen molar-refractivity contribution < 1.29 is 5.11 Å². The number of aryl methyl sites for hydroxylation is 1. The molecule has 0 spiro atoms. The van der Waals surface area contributed by atoms with Crippen molar-refractivity contribution in [1.82, 2.24) is 23.9 Å². The highest BCUT2D eigenvalue weighted by Crippen LogP contribution is 2.34. The largest absolute Gasteiger partial charge is 0.493 e. The quantitative estimate of drug-likeness (QED) is 0.436. The van der Waals surface area contributed by atoms with Crippen molar-refractivity contribution >= 4 is 28.6 Å². The van der Waals surface area contributed by atoms with E-state index in [1.165, 1.54) is 15.9 Å². The number of benzene rings is 1. The molecule has 1 aromatic carbocycles. The third-order valence-electron chi connectivity index (χ3n) is 6.12. The van der Waals surface area contributed by atoms with E-state index in [1.807, 2.05) is 41.8 Å². The molecule has 0 unspecified atom stereocenters. The lowest BCUT2D eigenvalue weighted by Gasteiger charge is -2.08. The first-order valence-corrected chi connectivity index (χ1v) is 12.1. The highest BCUT2D eigenvalue weighted by Gasteiger charge is 2.25. The molecule has 6 rings (SSSR count). The van der Waals surface area contributed by atoms with Crippen LogP contribution in [-0.2, 0) is 26.1 Å². The number of hydrogen-bond donors (Lipinski definition) is 1. The van der Waals surface area contributed by atoms with Crippen LogP contribution in [0, 0.1) is 18.8 Å². The predicted molar refractivity (Wildman–Crippen MR) is 130 cm³/mol. The minimum absolute atomic E-state index is 0.0247. The number of thiophene rings is 1. The first-order chi connectivity index (χ1) is 16.5. The van der Waals surface area contributed by atoms with Crippen molar-refractivity contribution in [1.29, 1.82) is 0 Å². The molecular formula is C24H19ClN6O2S. The zero-order chi connectivity index (χ0) is 23.4. The van der Waals surface area contributed by atoms with E-state index in [4.69, 9.17) is 16.6 Å². The lowest BCUT2D eigenvalue weighted by Crippen LogP contribution is -2.23. The van der Waals surface area contributed by atoms with Gasteiger partial charge in [-0.25, -0.2) is 4.79 Å². The Hall–Kier alpha value is -3.61. The van der Waals surface area contributed by atoms with Crippen LogP contribution in [0.1, 0.15) is 39.8 Å². The Kier molecular flexibility index (Phi) is 4.94. The van der Waals surface area contributed by atoms with Crippen molar-refractivity contribution in [3.63, 3.8) is 0 Å². The van der Waals surface area contributed by atoms with Crippen LogP contribution in [0.5, 0.6) is 5.88 Å². The van der Waals surface area contributed by atoms with E-state index in [9.17, 15) is 9.90 Å². The van der Waals surface area contributed by atoms with Crippen molar-refractivity contribution in [2.45, 2.75) is 39.4 Å². The van der Waals surface area contributed by atoms with E-state index in [2.05, 4.69) is 22.0 Å². The third kappa shape index (κ3) is 3.22. The Balaban J connectivity index is 1.42. The van der Waals surface area contributed by atoms with Crippen LogP contribution in [0.15, 0.2) is 40.1 Å². The number of halogens is 1. The number of fused-ring (bicyclic) bond motifs is 4. The Morgan fingerprint density at radius 3 is 2.91 bits per heavy atom. The van der Waals surface area contributed by atoms with Gasteiger partial charge in [0.1, 0.15) is 17.4 Å². The van der Waals surface area contributed by atoms with E-state index in [0.717, 1.165) is 44.8 Å². The van der Waals surface area contributed by atoms with Gasteiger partial charge in [0.15, 0.2) is 5.82 Å². The normalized spacial score (nSPS) is 14.0. The molecular weight excluding hydrogens is 472 g/mol. The summed E-state index contributed by atoms with van der Waals surface area (Å²) in [6.45, 7) is 3.07. The van der Waals surface area contributed by atoms with Gasteiger partial charge in [0.2, 0.25) is 5.88 Å². The van der Waals surface area contributed by atoms with Crippen LogP contribution >= 0.6 is 22.9 Å². The molecule has 0 radical (unpaired) electrons. The summed E-state index contributed by atoms with van der Waals surface area (Å²) in [5, 5.41) is 20.5. The smallest absolute Gasteiger partial charge is 0.332 e. The minimum Gasteiger partial charge on any atom is -0.493 e. The molecule has 10 heteroatoms. The molecule has 0 bridgehead atoms. The maximum Gasteiger partial charge on any atom is 0.332 e. The Labute approximate surface area is 203 Å². The van der Waals surface area contributed by atoms with Crippen LogP contribution in [0.25, 0.3) is 5.00 Å². The summed E-state index contributed by atoms with van der Waals surface area (Å²) in [7, 11) is 0. The molecule has 0 saturated heterocycles. The summed E-state index contributed by atoms with van der Waals surface area (Å²) in [6.07, 6.45) is 1.59. The molecule has 170 valence electrons. The second kappa shape index (κ2) is 8.01. The molecule has 5 heterocycles. The molecule has 0 fully saturated rings. The van der Waals surface area contributed by atoms with Crippen LogP contribution in [0.3, 0.4) is 0 Å². The summed E-state index contributed by atoms with van der Waals surface area (Å²) in [4.78, 5) is 18.2. The van der Waals surface area contributed by atoms with Gasteiger partial charge in [-0.15, -0.1) is 21.5 Å². The van der Waals surface area contributed by atoms with Crippen molar-refractivity contribution in [3.8, 4) is 22.7 Å². The van der Waals surface area contributed by atoms with Gasteiger partial charge in [-0.2, -0.15) is 0 Å². The van der Waals surface area contributed by atoms with Crippen LogP contribution in [-0.4, -0.2) is 34.7 Å². The van der Waals surface area contributed by atoms with Crippen molar-refractivity contribution in [2.75, 3.05) is 0 Å². The number of aliphatic imine (C=N–C) groups is 1. The van der Waals surface area contributed by atoms with Gasteiger partial charge in [-0.1, -0.05) is 41.6 Å². The average molecular weight is 491 g/mol. The van der Waals surface area contributed by atoms with Gasteiger partial charge in [0, 0.05) is 22.7 Å². The standard InChI is InChI=1S/C24H19ClN6O2S/c1-14-27-28-20-13-26-21(16-7-2-3-8-18(16)25)17-12-15(34-23(17)31(14)20)6-4-11-30-22(32)19-9-5-10-29(19)24(30)33/h2-3,7-8,12,32H,5,9-11,13H2,1H3. The van der Waals surface area contributed by atoms with Gasteiger partial charge in [0.25, 0.3) is 0 Å². The molecule has 0 amide bonds. The third-order valence-corrected chi connectivity index (χ3v) is 7.48. The molecule has 0 saturated carbocycles. The SMILES string of the molecule is Cc1nnc2n1-c1sc(C#CCn3c(O)c4n(c3=O)CCC4)cc1C(c1ccccc1Cl)=NC2. The molecule has 8 nitrogen and oxygen atoms in total. The van der Waals surface area contributed by atoms with Crippen molar-refractivity contribution in [2.24, 2.45) is 4.99 Å². The van der Waals surface area contributed by atoms with Crippen molar-refractivity contribution in [3.05, 3.63) is 79.2 Å². The first kappa shape index (κ1) is 21.0. The number of aromatic nitrogens is 5. The summed E-state index contributed by atoms with van der Waals surface area (Å²) in [5.74, 6) is 7.77. The van der Waals surface area contributed by atoms with Gasteiger partial charge in [-0.05, 0) is 31.9 Å². The lowest BCUT2D eigenvalue weighted by atomic mass is 10.0. The van der Waals surface area contributed by atoms with Gasteiger partial charge < -0.3 is 5.11 Å². The van der Waals surface area contributed by atoms with E-state index in [0.29, 0.717) is 30.2 Å². The average Bonchev–Trinajstić information content (AvgIpc) is 3.57. The topological polar surface area (TPSA) is 90.2 Å². The number of imidazole rings is 1. The minimum atomic E-state index is -0.209. The van der Waals surface area contributed by atoms with Gasteiger partial charge >= 0.3 is 5.69 Å². The molecule has 1 N–H and O–H groups in total. The van der Waals surface area contributed by atoms with Crippen LogP contribution < -0.4 is 5.69 Å². The summed E-state index contributed by atoms with van der Waals surface area (Å²) in [5.41, 5.74) is 3.03. The van der Waals surface area contributed by atoms with Gasteiger partial charge in [0.05, 0.1) is 22.8 Å². The Bertz CT molecular complexity index is 1610. The van der Waals surface area contributed by atoms with E-state index in [-0.39, 0.29) is 18.1 Å². The van der Waals surface area contributed by atoms with Gasteiger partial charge in [-0.3, -0.25) is 18.7 Å². The monoisotopic (exact) mass is 490 g/mol. The Morgan fingerprint density at radius 1 is 1.24 bits per heavy atom. The highest BCUT2D eigenvalue weighted by molar-refractivity contribution is 7.15. The molecule has 3 aromatic heterocycles. The molecule has 0 atom stereocenters. The zero-order valence-corrected chi connectivity index (χ0v) is 19.8.